The Balaban J connectivity index is 0.00000324. The number of thioether (sulfide) groups is 1. The fourth-order valence-corrected chi connectivity index (χ4v) is 3.02. The molecule has 0 spiro atoms. The summed E-state index contributed by atoms with van der Waals surface area (Å²) >= 11 is 2.00. The molecule has 0 atom stereocenters. The fraction of sp³-hybridized carbons (Fsp3) is 0.929. The third-order valence-electron chi connectivity index (χ3n) is 3.46. The number of aliphatic imine (C=N–C) groups is 1. The summed E-state index contributed by atoms with van der Waals surface area (Å²) in [5.74, 6) is 3.10. The van der Waals surface area contributed by atoms with Crippen LogP contribution in [0.15, 0.2) is 4.99 Å². The number of hydrogen-bond donors (Lipinski definition) is 1. The zero-order chi connectivity index (χ0) is 13.4. The van der Waals surface area contributed by atoms with Gasteiger partial charge < -0.3 is 10.6 Å². The van der Waals surface area contributed by atoms with E-state index in [4.69, 9.17) is 5.73 Å². The molecular weight excluding hydrogens is 369 g/mol. The first kappa shape index (κ1) is 19.4. The summed E-state index contributed by atoms with van der Waals surface area (Å²) in [6.07, 6.45) is 5.16. The van der Waals surface area contributed by atoms with Crippen molar-refractivity contribution in [3.05, 3.63) is 0 Å². The van der Waals surface area contributed by atoms with Crippen LogP contribution in [-0.4, -0.2) is 42.0 Å². The molecule has 1 rings (SSSR count). The molecule has 0 aromatic heterocycles. The minimum atomic E-state index is 0. The van der Waals surface area contributed by atoms with Gasteiger partial charge in [0.25, 0.3) is 0 Å². The minimum absolute atomic E-state index is 0. The predicted octanol–water partition coefficient (Wildman–Crippen LogP) is 3.57. The van der Waals surface area contributed by atoms with Crippen molar-refractivity contribution in [2.45, 2.75) is 46.5 Å². The Morgan fingerprint density at radius 2 is 1.89 bits per heavy atom. The van der Waals surface area contributed by atoms with E-state index in [1.54, 1.807) is 0 Å². The molecule has 19 heavy (non-hydrogen) atoms. The highest BCUT2D eigenvalue weighted by Crippen LogP contribution is 2.24. The monoisotopic (exact) mass is 399 g/mol. The number of unbranched alkanes of at least 4 members (excludes halogenated alkanes) is 2. The largest absolute Gasteiger partial charge is 0.370 e. The second-order valence-corrected chi connectivity index (χ2v) is 7.12. The van der Waals surface area contributed by atoms with Gasteiger partial charge in [-0.25, -0.2) is 0 Å². The zero-order valence-electron chi connectivity index (χ0n) is 12.7. The highest BCUT2D eigenvalue weighted by Gasteiger charge is 2.18. The van der Waals surface area contributed by atoms with Gasteiger partial charge in [0.1, 0.15) is 0 Å². The Morgan fingerprint density at radius 1 is 1.26 bits per heavy atom. The lowest BCUT2D eigenvalue weighted by molar-refractivity contribution is 0.330. The molecule has 0 saturated carbocycles. The highest BCUT2D eigenvalue weighted by molar-refractivity contribution is 14.0. The van der Waals surface area contributed by atoms with Crippen LogP contribution in [0.3, 0.4) is 0 Å². The average molecular weight is 399 g/mol. The molecule has 1 saturated heterocycles. The Morgan fingerprint density at radius 3 is 2.47 bits per heavy atom. The summed E-state index contributed by atoms with van der Waals surface area (Å²) in [6.45, 7) is 9.80. The molecule has 1 heterocycles. The summed E-state index contributed by atoms with van der Waals surface area (Å²) in [6, 6.07) is 0. The Hall–Kier alpha value is 0.350. The van der Waals surface area contributed by atoms with E-state index >= 15 is 0 Å². The van der Waals surface area contributed by atoms with Crippen molar-refractivity contribution in [1.29, 1.82) is 0 Å². The van der Waals surface area contributed by atoms with Gasteiger partial charge >= 0.3 is 0 Å². The molecule has 0 amide bonds. The SMILES string of the molecule is CCCCCC(C)(C)CN=C(N)N1CCSCC1.I. The van der Waals surface area contributed by atoms with Gasteiger partial charge in [-0.1, -0.05) is 40.0 Å². The lowest BCUT2D eigenvalue weighted by Gasteiger charge is -2.28. The van der Waals surface area contributed by atoms with Gasteiger partial charge in [0, 0.05) is 31.1 Å². The molecule has 5 heteroatoms. The van der Waals surface area contributed by atoms with E-state index < -0.39 is 0 Å². The van der Waals surface area contributed by atoms with Crippen LogP contribution in [0.1, 0.15) is 46.5 Å². The average Bonchev–Trinajstić information content (AvgIpc) is 2.37. The first-order valence-electron chi connectivity index (χ1n) is 7.18. The zero-order valence-corrected chi connectivity index (χ0v) is 15.8. The number of nitrogens with two attached hydrogens (primary N) is 1. The van der Waals surface area contributed by atoms with Crippen molar-refractivity contribution in [3.8, 4) is 0 Å². The van der Waals surface area contributed by atoms with Crippen molar-refractivity contribution in [3.63, 3.8) is 0 Å². The number of rotatable bonds is 6. The molecule has 1 fully saturated rings. The topological polar surface area (TPSA) is 41.6 Å². The quantitative estimate of drug-likeness (QED) is 0.321. The second-order valence-electron chi connectivity index (χ2n) is 5.90. The Labute approximate surface area is 140 Å². The first-order chi connectivity index (χ1) is 8.55. The second kappa shape index (κ2) is 10.1. The standard InChI is InChI=1S/C14H29N3S.HI/c1-4-5-6-7-14(2,3)12-16-13(15)17-8-10-18-11-9-17;/h4-12H2,1-3H3,(H2,15,16);1H. The van der Waals surface area contributed by atoms with E-state index in [0.29, 0.717) is 0 Å². The number of nitrogens with zero attached hydrogens (tertiary/aromatic N) is 2. The van der Waals surface area contributed by atoms with Gasteiger partial charge in [-0.2, -0.15) is 11.8 Å². The van der Waals surface area contributed by atoms with E-state index in [1.165, 1.54) is 37.2 Å². The van der Waals surface area contributed by atoms with Gasteiger partial charge in [-0.05, 0) is 11.8 Å². The smallest absolute Gasteiger partial charge is 0.191 e. The van der Waals surface area contributed by atoms with Crippen molar-refractivity contribution >= 4 is 41.7 Å². The summed E-state index contributed by atoms with van der Waals surface area (Å²) in [4.78, 5) is 6.83. The van der Waals surface area contributed by atoms with Gasteiger partial charge in [0.15, 0.2) is 5.96 Å². The summed E-state index contributed by atoms with van der Waals surface area (Å²) < 4.78 is 0. The fourth-order valence-electron chi connectivity index (χ4n) is 2.12. The van der Waals surface area contributed by atoms with Crippen molar-refractivity contribution in [1.82, 2.24) is 4.90 Å². The van der Waals surface area contributed by atoms with Crippen LogP contribution in [0, 0.1) is 5.41 Å². The van der Waals surface area contributed by atoms with Crippen molar-refractivity contribution in [2.75, 3.05) is 31.1 Å². The van der Waals surface area contributed by atoms with E-state index in [0.717, 1.165) is 25.6 Å². The Kier molecular flexibility index (Phi) is 10.3. The van der Waals surface area contributed by atoms with E-state index in [-0.39, 0.29) is 29.4 Å². The summed E-state index contributed by atoms with van der Waals surface area (Å²) in [5, 5.41) is 0. The molecule has 3 nitrogen and oxygen atoms in total. The van der Waals surface area contributed by atoms with Crippen molar-refractivity contribution < 1.29 is 0 Å². The lowest BCUT2D eigenvalue weighted by Crippen LogP contribution is -2.43. The molecular formula is C14H30IN3S. The summed E-state index contributed by atoms with van der Waals surface area (Å²) in [7, 11) is 0. The molecule has 0 bridgehead atoms. The molecule has 1 aliphatic rings. The normalized spacial score (nSPS) is 17.2. The lowest BCUT2D eigenvalue weighted by atomic mass is 9.87. The van der Waals surface area contributed by atoms with Gasteiger partial charge in [0.05, 0.1) is 0 Å². The van der Waals surface area contributed by atoms with Crippen LogP contribution in [0.4, 0.5) is 0 Å². The van der Waals surface area contributed by atoms with Crippen LogP contribution in [0.5, 0.6) is 0 Å². The third kappa shape index (κ3) is 8.27. The van der Waals surface area contributed by atoms with Crippen LogP contribution >= 0.6 is 35.7 Å². The molecule has 0 aromatic carbocycles. The van der Waals surface area contributed by atoms with Gasteiger partial charge in [-0.3, -0.25) is 4.99 Å². The molecule has 0 aromatic rings. The van der Waals surface area contributed by atoms with Gasteiger partial charge in [0.2, 0.25) is 0 Å². The summed E-state index contributed by atoms with van der Waals surface area (Å²) in [5.41, 5.74) is 6.36. The molecule has 1 aliphatic heterocycles. The van der Waals surface area contributed by atoms with Crippen LogP contribution in [0.25, 0.3) is 0 Å². The van der Waals surface area contributed by atoms with E-state index in [2.05, 4.69) is 30.7 Å². The predicted molar refractivity (Wildman–Crippen MR) is 98.7 cm³/mol. The van der Waals surface area contributed by atoms with Gasteiger partial charge in [-0.15, -0.1) is 24.0 Å². The maximum atomic E-state index is 6.08. The number of guanidine groups is 1. The highest BCUT2D eigenvalue weighted by atomic mass is 127. The maximum absolute atomic E-state index is 6.08. The molecule has 0 unspecified atom stereocenters. The number of halogens is 1. The maximum Gasteiger partial charge on any atom is 0.191 e. The Bertz CT molecular complexity index is 263. The van der Waals surface area contributed by atoms with E-state index in [9.17, 15) is 0 Å². The van der Waals surface area contributed by atoms with Crippen LogP contribution in [0.2, 0.25) is 0 Å². The third-order valence-corrected chi connectivity index (χ3v) is 4.40. The van der Waals surface area contributed by atoms with Crippen LogP contribution < -0.4 is 5.73 Å². The van der Waals surface area contributed by atoms with Crippen LogP contribution in [-0.2, 0) is 0 Å². The first-order valence-corrected chi connectivity index (χ1v) is 8.33. The molecule has 0 aliphatic carbocycles. The molecule has 2 N–H and O–H groups in total. The minimum Gasteiger partial charge on any atom is -0.370 e. The van der Waals surface area contributed by atoms with E-state index in [1.807, 2.05) is 11.8 Å². The number of hydrogen-bond acceptors (Lipinski definition) is 2. The van der Waals surface area contributed by atoms with Crippen molar-refractivity contribution in [2.24, 2.45) is 16.1 Å². The molecule has 114 valence electrons. The molecule has 0 radical (unpaired) electrons.